The zero-order valence-corrected chi connectivity index (χ0v) is 11.3. The molecule has 0 aliphatic carbocycles. The second-order valence-corrected chi connectivity index (χ2v) is 5.31. The molecule has 1 unspecified atom stereocenters. The van der Waals surface area contributed by atoms with Gasteiger partial charge in [0.1, 0.15) is 0 Å². The zero-order valence-electron chi connectivity index (χ0n) is 11.3. The minimum absolute atomic E-state index is 0.383. The molecule has 1 fully saturated rings. The van der Waals surface area contributed by atoms with Crippen molar-refractivity contribution in [3.05, 3.63) is 0 Å². The van der Waals surface area contributed by atoms with Gasteiger partial charge in [-0.15, -0.1) is 0 Å². The second-order valence-electron chi connectivity index (χ2n) is 5.31. The molecular formula is C14H29NO. The summed E-state index contributed by atoms with van der Waals surface area (Å²) in [6, 6.07) is 0. The van der Waals surface area contributed by atoms with Crippen molar-refractivity contribution in [3.8, 4) is 0 Å². The van der Waals surface area contributed by atoms with Gasteiger partial charge in [0.2, 0.25) is 0 Å². The summed E-state index contributed by atoms with van der Waals surface area (Å²) in [6.07, 6.45) is 6.58. The number of nitrogens with zero attached hydrogens (tertiary/aromatic N) is 1. The molecule has 0 radical (unpaired) electrons. The van der Waals surface area contributed by atoms with E-state index in [-0.39, 0.29) is 5.60 Å². The zero-order chi connectivity index (χ0) is 12.0. The van der Waals surface area contributed by atoms with E-state index < -0.39 is 0 Å². The number of hydrogen-bond donors (Lipinski definition) is 1. The van der Waals surface area contributed by atoms with E-state index in [1.165, 1.54) is 19.5 Å². The summed E-state index contributed by atoms with van der Waals surface area (Å²) in [7, 11) is 0. The lowest BCUT2D eigenvalue weighted by Crippen LogP contribution is -2.38. The average molecular weight is 227 g/mol. The summed E-state index contributed by atoms with van der Waals surface area (Å²) in [5, 5.41) is 10.8. The Balaban J connectivity index is 2.56. The fourth-order valence-electron chi connectivity index (χ4n) is 3.19. The van der Waals surface area contributed by atoms with Crippen LogP contribution in [0.25, 0.3) is 0 Å². The maximum atomic E-state index is 10.8. The van der Waals surface area contributed by atoms with Gasteiger partial charge in [0, 0.05) is 6.54 Å². The van der Waals surface area contributed by atoms with E-state index in [9.17, 15) is 5.11 Å². The Morgan fingerprint density at radius 1 is 1.12 bits per heavy atom. The maximum Gasteiger partial charge on any atom is 0.0688 e. The van der Waals surface area contributed by atoms with Gasteiger partial charge in [-0.3, -0.25) is 0 Å². The molecule has 16 heavy (non-hydrogen) atoms. The van der Waals surface area contributed by atoms with Crippen LogP contribution in [0.3, 0.4) is 0 Å². The molecule has 0 aromatic heterocycles. The van der Waals surface area contributed by atoms with Gasteiger partial charge in [-0.05, 0) is 44.7 Å². The quantitative estimate of drug-likeness (QED) is 0.780. The maximum absolute atomic E-state index is 10.8. The van der Waals surface area contributed by atoms with E-state index in [4.69, 9.17) is 0 Å². The molecular weight excluding hydrogens is 198 g/mol. The Morgan fingerprint density at radius 2 is 1.81 bits per heavy atom. The van der Waals surface area contributed by atoms with Crippen LogP contribution in [0.1, 0.15) is 59.3 Å². The summed E-state index contributed by atoms with van der Waals surface area (Å²) >= 11 is 0. The molecule has 1 saturated heterocycles. The van der Waals surface area contributed by atoms with Gasteiger partial charge >= 0.3 is 0 Å². The molecule has 1 atom stereocenters. The van der Waals surface area contributed by atoms with Crippen LogP contribution in [-0.2, 0) is 0 Å². The number of hydrogen-bond acceptors (Lipinski definition) is 2. The average Bonchev–Trinajstić information content (AvgIpc) is 2.44. The van der Waals surface area contributed by atoms with Crippen LogP contribution in [-0.4, -0.2) is 35.2 Å². The van der Waals surface area contributed by atoms with Crippen LogP contribution in [0, 0.1) is 5.92 Å². The van der Waals surface area contributed by atoms with Crippen LogP contribution in [0.5, 0.6) is 0 Å². The van der Waals surface area contributed by atoms with Crippen LogP contribution in [0.2, 0.25) is 0 Å². The number of likely N-dealkylation sites (tertiary alicyclic amines) is 1. The van der Waals surface area contributed by atoms with Gasteiger partial charge in [0.05, 0.1) is 5.60 Å². The first kappa shape index (κ1) is 14.0. The Bertz CT molecular complexity index is 191. The minimum Gasteiger partial charge on any atom is -0.390 e. The van der Waals surface area contributed by atoms with E-state index in [0.717, 1.165) is 38.6 Å². The molecule has 0 spiro atoms. The lowest BCUT2D eigenvalue weighted by atomic mass is 9.78. The van der Waals surface area contributed by atoms with Crippen molar-refractivity contribution in [2.75, 3.05) is 19.6 Å². The molecule has 0 bridgehead atoms. The van der Waals surface area contributed by atoms with Gasteiger partial charge in [-0.25, -0.2) is 0 Å². The van der Waals surface area contributed by atoms with Gasteiger partial charge < -0.3 is 10.0 Å². The van der Waals surface area contributed by atoms with Gasteiger partial charge in [0.15, 0.2) is 0 Å². The van der Waals surface area contributed by atoms with Crippen molar-refractivity contribution in [1.29, 1.82) is 0 Å². The van der Waals surface area contributed by atoms with Gasteiger partial charge in [-0.2, -0.15) is 0 Å². The molecule has 1 N–H and O–H groups in total. The van der Waals surface area contributed by atoms with E-state index in [1.54, 1.807) is 0 Å². The Kier molecular flexibility index (Phi) is 5.77. The standard InChI is InChI=1S/C14H29NO/c1-4-10-15-11-7-8-14(16,9-12-15)13(5-2)6-3/h13,16H,4-12H2,1-3H3. The SMILES string of the molecule is CCCN1CCCC(O)(C(CC)CC)CC1. The Hall–Kier alpha value is -0.0800. The normalized spacial score (nSPS) is 28.3. The molecule has 1 aliphatic heterocycles. The molecule has 2 nitrogen and oxygen atoms in total. The lowest BCUT2D eigenvalue weighted by molar-refractivity contribution is -0.0342. The molecule has 0 aromatic carbocycles. The summed E-state index contributed by atoms with van der Waals surface area (Å²) < 4.78 is 0. The monoisotopic (exact) mass is 227 g/mol. The van der Waals surface area contributed by atoms with Crippen LogP contribution >= 0.6 is 0 Å². The third-order valence-electron chi connectivity index (χ3n) is 4.23. The molecule has 2 heteroatoms. The van der Waals surface area contributed by atoms with Crippen molar-refractivity contribution in [1.82, 2.24) is 4.90 Å². The first-order chi connectivity index (χ1) is 7.66. The second kappa shape index (κ2) is 6.61. The molecule has 96 valence electrons. The highest BCUT2D eigenvalue weighted by Crippen LogP contribution is 2.33. The molecule has 0 aromatic rings. The molecule has 1 heterocycles. The van der Waals surface area contributed by atoms with Gasteiger partial charge in [0.25, 0.3) is 0 Å². The van der Waals surface area contributed by atoms with Crippen molar-refractivity contribution < 1.29 is 5.11 Å². The molecule has 0 amide bonds. The van der Waals surface area contributed by atoms with Gasteiger partial charge in [-0.1, -0.05) is 33.6 Å². The summed E-state index contributed by atoms with van der Waals surface area (Å²) in [4.78, 5) is 2.51. The minimum atomic E-state index is -0.383. The topological polar surface area (TPSA) is 23.5 Å². The molecule has 1 rings (SSSR count). The summed E-state index contributed by atoms with van der Waals surface area (Å²) in [5.74, 6) is 0.495. The van der Waals surface area contributed by atoms with E-state index in [2.05, 4.69) is 25.7 Å². The first-order valence-electron chi connectivity index (χ1n) is 7.11. The van der Waals surface area contributed by atoms with Crippen LogP contribution in [0.4, 0.5) is 0 Å². The molecule has 0 saturated carbocycles. The van der Waals surface area contributed by atoms with E-state index in [1.807, 2.05) is 0 Å². The third-order valence-corrected chi connectivity index (χ3v) is 4.23. The van der Waals surface area contributed by atoms with E-state index >= 15 is 0 Å². The smallest absolute Gasteiger partial charge is 0.0688 e. The Morgan fingerprint density at radius 3 is 2.38 bits per heavy atom. The lowest BCUT2D eigenvalue weighted by Gasteiger charge is -2.34. The predicted molar refractivity (Wildman–Crippen MR) is 69.6 cm³/mol. The van der Waals surface area contributed by atoms with Crippen LogP contribution < -0.4 is 0 Å². The Labute approximate surface area is 101 Å². The highest BCUT2D eigenvalue weighted by Gasteiger charge is 2.35. The third kappa shape index (κ3) is 3.46. The van der Waals surface area contributed by atoms with Crippen molar-refractivity contribution >= 4 is 0 Å². The highest BCUT2D eigenvalue weighted by atomic mass is 16.3. The predicted octanol–water partition coefficient (Wildman–Crippen LogP) is 3.05. The van der Waals surface area contributed by atoms with E-state index in [0.29, 0.717) is 5.92 Å². The van der Waals surface area contributed by atoms with Crippen molar-refractivity contribution in [2.45, 2.75) is 64.9 Å². The number of rotatable bonds is 5. The highest BCUT2D eigenvalue weighted by molar-refractivity contribution is 4.88. The van der Waals surface area contributed by atoms with Crippen molar-refractivity contribution in [2.24, 2.45) is 5.92 Å². The number of aliphatic hydroxyl groups is 1. The molecule has 1 aliphatic rings. The fourth-order valence-corrected chi connectivity index (χ4v) is 3.19. The fraction of sp³-hybridized carbons (Fsp3) is 1.00. The van der Waals surface area contributed by atoms with Crippen molar-refractivity contribution in [3.63, 3.8) is 0 Å². The first-order valence-corrected chi connectivity index (χ1v) is 7.11. The summed E-state index contributed by atoms with van der Waals surface area (Å²) in [6.45, 7) is 10.1. The summed E-state index contributed by atoms with van der Waals surface area (Å²) in [5.41, 5.74) is -0.383. The largest absolute Gasteiger partial charge is 0.390 e. The van der Waals surface area contributed by atoms with Crippen LogP contribution in [0.15, 0.2) is 0 Å².